The van der Waals surface area contributed by atoms with Gasteiger partial charge in [-0.25, -0.2) is 4.98 Å². The Hall–Kier alpha value is -4.00. The smallest absolute Gasteiger partial charge is 0.227 e. The molecule has 0 saturated carbocycles. The van der Waals surface area contributed by atoms with Gasteiger partial charge >= 0.3 is 0 Å². The van der Waals surface area contributed by atoms with Gasteiger partial charge in [0.25, 0.3) is 0 Å². The van der Waals surface area contributed by atoms with E-state index in [1.807, 2.05) is 48.5 Å². The Balaban J connectivity index is 1.37. The lowest BCUT2D eigenvalue weighted by molar-refractivity contribution is -0.117. The lowest BCUT2D eigenvalue weighted by atomic mass is 9.99. The molecule has 198 valence electrons. The SMILES string of the molecule is CCC(C)c1ccc(OCCn2c(C3CC(=O)N(c4cc(OC)ccc4OC)C3)nc3ccccc32)cc1. The van der Waals surface area contributed by atoms with Gasteiger partial charge in [0, 0.05) is 24.9 Å². The molecular formula is C31H35N3O4. The van der Waals surface area contributed by atoms with Gasteiger partial charge in [-0.2, -0.15) is 0 Å². The van der Waals surface area contributed by atoms with Crippen molar-refractivity contribution in [2.24, 2.45) is 0 Å². The van der Waals surface area contributed by atoms with Crippen molar-refractivity contribution in [3.8, 4) is 17.2 Å². The van der Waals surface area contributed by atoms with Crippen molar-refractivity contribution in [2.75, 3.05) is 32.3 Å². The van der Waals surface area contributed by atoms with Crippen LogP contribution in [0.5, 0.6) is 17.2 Å². The van der Waals surface area contributed by atoms with E-state index in [-0.39, 0.29) is 11.8 Å². The van der Waals surface area contributed by atoms with E-state index < -0.39 is 0 Å². The van der Waals surface area contributed by atoms with E-state index in [2.05, 4.69) is 36.6 Å². The number of fused-ring (bicyclic) bond motifs is 1. The third kappa shape index (κ3) is 5.05. The fourth-order valence-corrected chi connectivity index (χ4v) is 5.14. The second-order valence-corrected chi connectivity index (χ2v) is 9.78. The van der Waals surface area contributed by atoms with Crippen LogP contribution in [0.2, 0.25) is 0 Å². The third-order valence-corrected chi connectivity index (χ3v) is 7.50. The number of aromatic nitrogens is 2. The Morgan fingerprint density at radius 3 is 2.50 bits per heavy atom. The van der Waals surface area contributed by atoms with Crippen LogP contribution in [0.1, 0.15) is 49.9 Å². The zero-order valence-corrected chi connectivity index (χ0v) is 22.5. The van der Waals surface area contributed by atoms with Crippen molar-refractivity contribution < 1.29 is 19.0 Å². The fourth-order valence-electron chi connectivity index (χ4n) is 5.14. The zero-order valence-electron chi connectivity index (χ0n) is 22.5. The number of rotatable bonds is 10. The standard InChI is InChI=1S/C31H35N3O4/c1-5-21(2)22-10-12-24(13-11-22)38-17-16-33-27-9-7-6-8-26(27)32-31(33)23-18-30(35)34(20-23)28-19-25(36-3)14-15-29(28)37-4/h6-15,19,21,23H,5,16-18,20H2,1-4H3. The van der Waals surface area contributed by atoms with Crippen molar-refractivity contribution in [3.05, 3.63) is 78.1 Å². The largest absolute Gasteiger partial charge is 0.497 e. The summed E-state index contributed by atoms with van der Waals surface area (Å²) in [6.45, 7) is 6.09. The van der Waals surface area contributed by atoms with Crippen LogP contribution in [0.4, 0.5) is 5.69 Å². The number of amides is 1. The summed E-state index contributed by atoms with van der Waals surface area (Å²) >= 11 is 0. The Morgan fingerprint density at radius 1 is 1.00 bits per heavy atom. The first-order valence-corrected chi connectivity index (χ1v) is 13.2. The quantitative estimate of drug-likeness (QED) is 0.254. The predicted molar refractivity (Wildman–Crippen MR) is 150 cm³/mol. The molecule has 1 amide bonds. The molecular weight excluding hydrogens is 478 g/mol. The molecule has 3 aromatic carbocycles. The number of ether oxygens (including phenoxy) is 3. The molecule has 0 radical (unpaired) electrons. The summed E-state index contributed by atoms with van der Waals surface area (Å²) in [5.41, 5.74) is 4.00. The topological polar surface area (TPSA) is 65.8 Å². The summed E-state index contributed by atoms with van der Waals surface area (Å²) in [5.74, 6) is 3.60. The molecule has 2 heterocycles. The first-order chi connectivity index (χ1) is 18.5. The third-order valence-electron chi connectivity index (χ3n) is 7.50. The number of methoxy groups -OCH3 is 2. The Bertz CT molecular complexity index is 1410. The number of nitrogens with zero attached hydrogens (tertiary/aromatic N) is 3. The Morgan fingerprint density at radius 2 is 1.76 bits per heavy atom. The van der Waals surface area contributed by atoms with Crippen LogP contribution < -0.4 is 19.1 Å². The van der Waals surface area contributed by atoms with Crippen molar-refractivity contribution in [3.63, 3.8) is 0 Å². The van der Waals surface area contributed by atoms with Gasteiger partial charge < -0.3 is 23.7 Å². The van der Waals surface area contributed by atoms with Crippen molar-refractivity contribution >= 4 is 22.6 Å². The minimum Gasteiger partial charge on any atom is -0.497 e. The van der Waals surface area contributed by atoms with E-state index >= 15 is 0 Å². The number of hydrogen-bond donors (Lipinski definition) is 0. The molecule has 1 fully saturated rings. The molecule has 1 aromatic heterocycles. The highest BCUT2D eigenvalue weighted by molar-refractivity contribution is 5.98. The van der Waals surface area contributed by atoms with Gasteiger partial charge in [0.1, 0.15) is 29.7 Å². The minimum atomic E-state index is -0.0550. The van der Waals surface area contributed by atoms with Gasteiger partial charge in [-0.05, 0) is 54.3 Å². The number of para-hydroxylation sites is 2. The van der Waals surface area contributed by atoms with Gasteiger partial charge in [0.15, 0.2) is 0 Å². The van der Waals surface area contributed by atoms with Gasteiger partial charge in [-0.15, -0.1) is 0 Å². The number of carbonyl (C=O) groups is 1. The van der Waals surface area contributed by atoms with Crippen molar-refractivity contribution in [2.45, 2.75) is 45.1 Å². The molecule has 0 spiro atoms. The van der Waals surface area contributed by atoms with Gasteiger partial charge in [-0.3, -0.25) is 4.79 Å². The van der Waals surface area contributed by atoms with Gasteiger partial charge in [0.05, 0.1) is 37.5 Å². The predicted octanol–water partition coefficient (Wildman–Crippen LogP) is 6.17. The monoisotopic (exact) mass is 513 g/mol. The average molecular weight is 514 g/mol. The molecule has 0 bridgehead atoms. The highest BCUT2D eigenvalue weighted by Gasteiger charge is 2.36. The highest BCUT2D eigenvalue weighted by atomic mass is 16.5. The maximum Gasteiger partial charge on any atom is 0.227 e. The maximum atomic E-state index is 13.2. The normalized spacial score (nSPS) is 16.2. The molecule has 4 aromatic rings. The molecule has 1 aliphatic heterocycles. The second kappa shape index (κ2) is 11.2. The van der Waals surface area contributed by atoms with E-state index in [9.17, 15) is 4.79 Å². The van der Waals surface area contributed by atoms with E-state index in [1.54, 1.807) is 19.1 Å². The fraction of sp³-hybridized carbons (Fsp3) is 0.355. The lowest BCUT2D eigenvalue weighted by Gasteiger charge is -2.20. The lowest BCUT2D eigenvalue weighted by Crippen LogP contribution is -2.25. The Labute approximate surface area is 224 Å². The second-order valence-electron chi connectivity index (χ2n) is 9.78. The average Bonchev–Trinajstić information content (AvgIpc) is 3.52. The van der Waals surface area contributed by atoms with Crippen LogP contribution in [0.25, 0.3) is 11.0 Å². The number of hydrogen-bond acceptors (Lipinski definition) is 5. The van der Waals surface area contributed by atoms with Crippen LogP contribution in [-0.2, 0) is 11.3 Å². The summed E-state index contributed by atoms with van der Waals surface area (Å²) < 4.78 is 19.3. The van der Waals surface area contributed by atoms with Crippen molar-refractivity contribution in [1.29, 1.82) is 0 Å². The molecule has 38 heavy (non-hydrogen) atoms. The molecule has 0 N–H and O–H groups in total. The van der Waals surface area contributed by atoms with E-state index in [0.717, 1.165) is 29.0 Å². The highest BCUT2D eigenvalue weighted by Crippen LogP contribution is 2.39. The van der Waals surface area contributed by atoms with Crippen LogP contribution in [0.3, 0.4) is 0 Å². The summed E-state index contributed by atoms with van der Waals surface area (Å²) in [6.07, 6.45) is 1.49. The van der Waals surface area contributed by atoms with Crippen LogP contribution >= 0.6 is 0 Å². The van der Waals surface area contributed by atoms with E-state index in [1.165, 1.54) is 5.56 Å². The summed E-state index contributed by atoms with van der Waals surface area (Å²) in [4.78, 5) is 20.0. The number of carbonyl (C=O) groups excluding carboxylic acids is 1. The molecule has 2 atom stereocenters. The molecule has 1 saturated heterocycles. The van der Waals surface area contributed by atoms with Gasteiger partial charge in [-0.1, -0.05) is 38.1 Å². The number of benzene rings is 3. The molecule has 0 aliphatic carbocycles. The first kappa shape index (κ1) is 25.6. The minimum absolute atomic E-state index is 0.0396. The van der Waals surface area contributed by atoms with E-state index in [0.29, 0.717) is 49.2 Å². The molecule has 1 aliphatic rings. The Kier molecular flexibility index (Phi) is 7.54. The molecule has 2 unspecified atom stereocenters. The van der Waals surface area contributed by atoms with E-state index in [4.69, 9.17) is 19.2 Å². The molecule has 7 heteroatoms. The summed E-state index contributed by atoms with van der Waals surface area (Å²) in [5, 5.41) is 0. The van der Waals surface area contributed by atoms with Crippen LogP contribution in [0, 0.1) is 0 Å². The molecule has 7 nitrogen and oxygen atoms in total. The maximum absolute atomic E-state index is 13.2. The van der Waals surface area contributed by atoms with Crippen molar-refractivity contribution in [1.82, 2.24) is 9.55 Å². The summed E-state index contributed by atoms with van der Waals surface area (Å²) in [6, 6.07) is 22.0. The van der Waals surface area contributed by atoms with Crippen LogP contribution in [-0.4, -0.2) is 42.8 Å². The first-order valence-electron chi connectivity index (χ1n) is 13.2. The van der Waals surface area contributed by atoms with Crippen LogP contribution in [0.15, 0.2) is 66.7 Å². The molecule has 5 rings (SSSR count). The zero-order chi connectivity index (χ0) is 26.6. The number of imidazole rings is 1. The summed E-state index contributed by atoms with van der Waals surface area (Å²) in [7, 11) is 3.23. The number of anilines is 1. The van der Waals surface area contributed by atoms with Gasteiger partial charge in [0.2, 0.25) is 5.91 Å².